The van der Waals surface area contributed by atoms with Gasteiger partial charge in [0.25, 0.3) is 5.91 Å². The second-order valence-electron chi connectivity index (χ2n) is 6.84. The molecule has 7 heteroatoms. The standard InChI is InChI=1S/C22H18ClNO5/c23-15-8-9-18-16(12-15)17(25)13-19(28-18)22(27)29-20(14-6-2-1-3-7-14)21(26)24-10-4-5-11-24/h1-3,6-9,12-13,20H,4-5,10-11H2/t20-/m0/s1. The van der Waals surface area contributed by atoms with E-state index in [1.54, 1.807) is 35.2 Å². The molecule has 3 aromatic rings. The first kappa shape index (κ1) is 19.2. The Hall–Kier alpha value is -3.12. The molecule has 1 amide bonds. The SMILES string of the molecule is O=C(O[C@H](C(=O)N1CCCC1)c1ccccc1)c1cc(=O)c2cc(Cl)ccc2o1. The predicted molar refractivity (Wildman–Crippen MR) is 108 cm³/mol. The summed E-state index contributed by atoms with van der Waals surface area (Å²) in [5.41, 5.74) is 0.367. The van der Waals surface area contributed by atoms with E-state index in [0.29, 0.717) is 23.7 Å². The quantitative estimate of drug-likeness (QED) is 0.607. The number of likely N-dealkylation sites (tertiary alicyclic amines) is 1. The number of fused-ring (bicyclic) bond motifs is 1. The van der Waals surface area contributed by atoms with Crippen LogP contribution < -0.4 is 5.43 Å². The molecule has 4 rings (SSSR count). The van der Waals surface area contributed by atoms with Crippen LogP contribution in [0.2, 0.25) is 5.02 Å². The van der Waals surface area contributed by atoms with Crippen molar-refractivity contribution in [2.75, 3.05) is 13.1 Å². The molecule has 148 valence electrons. The van der Waals surface area contributed by atoms with E-state index in [9.17, 15) is 14.4 Å². The molecule has 2 heterocycles. The number of benzene rings is 2. The van der Waals surface area contributed by atoms with Crippen molar-refractivity contribution in [1.82, 2.24) is 4.90 Å². The lowest BCUT2D eigenvalue weighted by Crippen LogP contribution is -2.35. The summed E-state index contributed by atoms with van der Waals surface area (Å²) in [6.07, 6.45) is 0.736. The number of carbonyl (C=O) groups excluding carboxylic acids is 2. The van der Waals surface area contributed by atoms with E-state index in [2.05, 4.69) is 0 Å². The van der Waals surface area contributed by atoms with Gasteiger partial charge in [-0.15, -0.1) is 0 Å². The van der Waals surface area contributed by atoms with Crippen LogP contribution in [0.1, 0.15) is 35.1 Å². The van der Waals surface area contributed by atoms with Gasteiger partial charge in [0.1, 0.15) is 5.58 Å². The Morgan fingerprint density at radius 2 is 1.76 bits per heavy atom. The molecule has 2 aromatic carbocycles. The normalized spacial score (nSPS) is 14.7. The van der Waals surface area contributed by atoms with Gasteiger partial charge in [0.15, 0.2) is 5.43 Å². The number of hydrogen-bond donors (Lipinski definition) is 0. The molecular formula is C22H18ClNO5. The highest BCUT2D eigenvalue weighted by Crippen LogP contribution is 2.25. The molecule has 0 bridgehead atoms. The van der Waals surface area contributed by atoms with Crippen LogP contribution in [0.5, 0.6) is 0 Å². The molecule has 0 N–H and O–H groups in total. The maximum atomic E-state index is 13.0. The minimum Gasteiger partial charge on any atom is -0.449 e. The molecule has 0 saturated carbocycles. The predicted octanol–water partition coefficient (Wildman–Crippen LogP) is 3.97. The minimum atomic E-state index is -1.10. The molecule has 1 aliphatic heterocycles. The van der Waals surface area contributed by atoms with Crippen LogP contribution in [0.25, 0.3) is 11.0 Å². The van der Waals surface area contributed by atoms with Crippen LogP contribution in [0.4, 0.5) is 0 Å². The third-order valence-corrected chi connectivity index (χ3v) is 5.09. The number of hydrogen-bond acceptors (Lipinski definition) is 5. The first-order chi connectivity index (χ1) is 14.0. The van der Waals surface area contributed by atoms with Gasteiger partial charge in [0, 0.05) is 29.7 Å². The van der Waals surface area contributed by atoms with Gasteiger partial charge in [-0.2, -0.15) is 0 Å². The molecule has 0 radical (unpaired) electrons. The lowest BCUT2D eigenvalue weighted by molar-refractivity contribution is -0.140. The van der Waals surface area contributed by atoms with Gasteiger partial charge in [-0.3, -0.25) is 9.59 Å². The number of ether oxygens (including phenoxy) is 1. The average molecular weight is 412 g/mol. The van der Waals surface area contributed by atoms with Crippen molar-refractivity contribution in [3.63, 3.8) is 0 Å². The Labute approximate surface area is 171 Å². The molecule has 1 saturated heterocycles. The maximum absolute atomic E-state index is 13.0. The zero-order valence-electron chi connectivity index (χ0n) is 15.5. The van der Waals surface area contributed by atoms with Crippen molar-refractivity contribution in [1.29, 1.82) is 0 Å². The summed E-state index contributed by atoms with van der Waals surface area (Å²) >= 11 is 5.91. The second kappa shape index (κ2) is 8.09. The lowest BCUT2D eigenvalue weighted by atomic mass is 10.1. The van der Waals surface area contributed by atoms with E-state index < -0.39 is 17.5 Å². The van der Waals surface area contributed by atoms with Gasteiger partial charge in [-0.05, 0) is 31.0 Å². The molecule has 1 fully saturated rings. The summed E-state index contributed by atoms with van der Waals surface area (Å²) in [6.45, 7) is 1.26. The Bertz CT molecular complexity index is 1120. The van der Waals surface area contributed by atoms with Gasteiger partial charge in [0.2, 0.25) is 11.9 Å². The Morgan fingerprint density at radius 1 is 1.03 bits per heavy atom. The van der Waals surface area contributed by atoms with Crippen molar-refractivity contribution in [2.24, 2.45) is 0 Å². The zero-order chi connectivity index (χ0) is 20.4. The van der Waals surface area contributed by atoms with Crippen LogP contribution in [0.15, 0.2) is 63.8 Å². The molecule has 0 spiro atoms. The van der Waals surface area contributed by atoms with E-state index >= 15 is 0 Å². The molecule has 29 heavy (non-hydrogen) atoms. The fraction of sp³-hybridized carbons (Fsp3) is 0.227. The highest BCUT2D eigenvalue weighted by molar-refractivity contribution is 6.31. The van der Waals surface area contributed by atoms with Crippen LogP contribution in [0.3, 0.4) is 0 Å². The fourth-order valence-corrected chi connectivity index (χ4v) is 3.56. The number of nitrogens with zero attached hydrogens (tertiary/aromatic N) is 1. The van der Waals surface area contributed by atoms with Crippen LogP contribution in [-0.4, -0.2) is 29.9 Å². The molecule has 0 unspecified atom stereocenters. The monoisotopic (exact) mass is 411 g/mol. The number of esters is 1. The van der Waals surface area contributed by atoms with Crippen molar-refractivity contribution in [2.45, 2.75) is 18.9 Å². The third-order valence-electron chi connectivity index (χ3n) is 4.86. The first-order valence-corrected chi connectivity index (χ1v) is 9.69. The van der Waals surface area contributed by atoms with Crippen LogP contribution in [-0.2, 0) is 9.53 Å². The molecule has 1 aromatic heterocycles. The van der Waals surface area contributed by atoms with Crippen molar-refractivity contribution in [3.8, 4) is 0 Å². The number of halogens is 1. The smallest absolute Gasteiger partial charge is 0.375 e. The zero-order valence-corrected chi connectivity index (χ0v) is 16.2. The highest BCUT2D eigenvalue weighted by atomic mass is 35.5. The topological polar surface area (TPSA) is 76.8 Å². The maximum Gasteiger partial charge on any atom is 0.375 e. The minimum absolute atomic E-state index is 0.219. The largest absolute Gasteiger partial charge is 0.449 e. The molecule has 1 aliphatic rings. The number of carbonyl (C=O) groups is 2. The van der Waals surface area contributed by atoms with Gasteiger partial charge >= 0.3 is 5.97 Å². The average Bonchev–Trinajstić information content (AvgIpc) is 3.27. The summed E-state index contributed by atoms with van der Waals surface area (Å²) in [5.74, 6) is -1.42. The van der Waals surface area contributed by atoms with Crippen molar-refractivity contribution in [3.05, 3.63) is 81.2 Å². The summed E-state index contributed by atoms with van der Waals surface area (Å²) in [4.78, 5) is 39.8. The highest BCUT2D eigenvalue weighted by Gasteiger charge is 2.32. The summed E-state index contributed by atoms with van der Waals surface area (Å²) in [6, 6.07) is 14.4. The van der Waals surface area contributed by atoms with E-state index in [1.165, 1.54) is 12.1 Å². The van der Waals surface area contributed by atoms with Crippen LogP contribution in [0, 0.1) is 0 Å². The molecule has 1 atom stereocenters. The second-order valence-corrected chi connectivity index (χ2v) is 7.28. The van der Waals surface area contributed by atoms with Crippen molar-refractivity contribution < 1.29 is 18.7 Å². The van der Waals surface area contributed by atoms with E-state index in [-0.39, 0.29) is 22.6 Å². The van der Waals surface area contributed by atoms with Crippen molar-refractivity contribution >= 4 is 34.4 Å². The number of amides is 1. The first-order valence-electron chi connectivity index (χ1n) is 9.31. The van der Waals surface area contributed by atoms with E-state index in [1.807, 2.05) is 6.07 Å². The summed E-state index contributed by atoms with van der Waals surface area (Å²) in [5, 5.41) is 0.655. The van der Waals surface area contributed by atoms with E-state index in [4.69, 9.17) is 20.8 Å². The van der Waals surface area contributed by atoms with E-state index in [0.717, 1.165) is 18.9 Å². The van der Waals surface area contributed by atoms with Gasteiger partial charge in [-0.25, -0.2) is 4.79 Å². The van der Waals surface area contributed by atoms with Crippen LogP contribution >= 0.6 is 11.6 Å². The molecule has 6 nitrogen and oxygen atoms in total. The Balaban J connectivity index is 1.66. The summed E-state index contributed by atoms with van der Waals surface area (Å²) in [7, 11) is 0. The van der Waals surface area contributed by atoms with Gasteiger partial charge in [-0.1, -0.05) is 41.9 Å². The number of rotatable bonds is 4. The van der Waals surface area contributed by atoms with Gasteiger partial charge < -0.3 is 14.1 Å². The Kier molecular flexibility index (Phi) is 5.36. The molecular weight excluding hydrogens is 394 g/mol. The third kappa shape index (κ3) is 4.03. The van der Waals surface area contributed by atoms with Gasteiger partial charge in [0.05, 0.1) is 5.39 Å². The fourth-order valence-electron chi connectivity index (χ4n) is 3.39. The lowest BCUT2D eigenvalue weighted by Gasteiger charge is -2.23. The molecule has 0 aliphatic carbocycles. The Morgan fingerprint density at radius 3 is 2.48 bits per heavy atom. The summed E-state index contributed by atoms with van der Waals surface area (Å²) < 4.78 is 11.1.